The van der Waals surface area contributed by atoms with E-state index in [1.165, 1.54) is 5.56 Å². The van der Waals surface area contributed by atoms with E-state index < -0.39 is 0 Å². The predicted molar refractivity (Wildman–Crippen MR) is 70.0 cm³/mol. The Labute approximate surface area is 103 Å². The number of amides is 1. The van der Waals surface area contributed by atoms with Gasteiger partial charge in [0.05, 0.1) is 5.41 Å². The van der Waals surface area contributed by atoms with E-state index in [4.69, 9.17) is 0 Å². The monoisotopic (exact) mass is 231 g/mol. The lowest BCUT2D eigenvalue weighted by atomic mass is 9.93. The largest absolute Gasteiger partial charge is 0.351 e. The molecule has 1 saturated carbocycles. The Balaban J connectivity index is 2.20. The molecule has 2 nitrogen and oxygen atoms in total. The second-order valence-corrected chi connectivity index (χ2v) is 6.15. The molecule has 1 aromatic rings. The minimum Gasteiger partial charge on any atom is -0.351 e. The third-order valence-corrected chi connectivity index (χ3v) is 3.28. The van der Waals surface area contributed by atoms with Crippen molar-refractivity contribution in [2.75, 3.05) is 0 Å². The molecule has 2 heteroatoms. The molecule has 0 atom stereocenters. The number of rotatable bonds is 2. The Morgan fingerprint density at radius 3 is 2.12 bits per heavy atom. The van der Waals surface area contributed by atoms with Crippen molar-refractivity contribution in [2.45, 2.75) is 51.5 Å². The molecule has 1 aliphatic carbocycles. The van der Waals surface area contributed by atoms with Gasteiger partial charge in [-0.25, -0.2) is 0 Å². The Kier molecular flexibility index (Phi) is 2.76. The summed E-state index contributed by atoms with van der Waals surface area (Å²) < 4.78 is 0. The number of hydrogen-bond acceptors (Lipinski definition) is 1. The van der Waals surface area contributed by atoms with E-state index in [0.717, 1.165) is 18.4 Å². The first-order valence-corrected chi connectivity index (χ1v) is 6.23. The van der Waals surface area contributed by atoms with Crippen LogP contribution in [-0.2, 0) is 10.2 Å². The number of aryl methyl sites for hydroxylation is 1. The quantitative estimate of drug-likeness (QED) is 0.833. The van der Waals surface area contributed by atoms with Crippen molar-refractivity contribution in [1.82, 2.24) is 5.32 Å². The molecular formula is C15H21NO. The molecule has 17 heavy (non-hydrogen) atoms. The van der Waals surface area contributed by atoms with Gasteiger partial charge in [-0.15, -0.1) is 0 Å². The number of benzene rings is 1. The molecule has 1 aromatic carbocycles. The van der Waals surface area contributed by atoms with Gasteiger partial charge in [-0.2, -0.15) is 0 Å². The van der Waals surface area contributed by atoms with Crippen molar-refractivity contribution >= 4 is 5.91 Å². The SMILES string of the molecule is Cc1ccc(C2(C(=O)NC(C)(C)C)CC2)cc1. The summed E-state index contributed by atoms with van der Waals surface area (Å²) >= 11 is 0. The first-order valence-electron chi connectivity index (χ1n) is 6.23. The van der Waals surface area contributed by atoms with Crippen molar-refractivity contribution < 1.29 is 4.79 Å². The molecule has 0 radical (unpaired) electrons. The fourth-order valence-corrected chi connectivity index (χ4v) is 2.10. The van der Waals surface area contributed by atoms with Crippen LogP contribution in [-0.4, -0.2) is 11.4 Å². The summed E-state index contributed by atoms with van der Waals surface area (Å²) in [4.78, 5) is 12.3. The van der Waals surface area contributed by atoms with Gasteiger partial charge in [0, 0.05) is 5.54 Å². The number of carbonyl (C=O) groups is 1. The molecule has 0 unspecified atom stereocenters. The highest BCUT2D eigenvalue weighted by Gasteiger charge is 2.51. The van der Waals surface area contributed by atoms with Crippen LogP contribution >= 0.6 is 0 Å². The predicted octanol–water partition coefficient (Wildman–Crippen LogP) is 2.94. The normalized spacial score (nSPS) is 17.6. The highest BCUT2D eigenvalue weighted by molar-refractivity contribution is 5.91. The van der Waals surface area contributed by atoms with Gasteiger partial charge in [0.25, 0.3) is 0 Å². The van der Waals surface area contributed by atoms with E-state index in [2.05, 4.69) is 36.5 Å². The van der Waals surface area contributed by atoms with Crippen LogP contribution in [0.2, 0.25) is 0 Å². The number of carbonyl (C=O) groups excluding carboxylic acids is 1. The van der Waals surface area contributed by atoms with Gasteiger partial charge in [0.2, 0.25) is 5.91 Å². The molecule has 1 N–H and O–H groups in total. The lowest BCUT2D eigenvalue weighted by Gasteiger charge is -2.25. The highest BCUT2D eigenvalue weighted by atomic mass is 16.2. The molecule has 0 saturated heterocycles. The summed E-state index contributed by atoms with van der Waals surface area (Å²) in [5, 5.41) is 3.10. The standard InChI is InChI=1S/C15H21NO/c1-11-5-7-12(8-6-11)15(9-10-15)13(17)16-14(2,3)4/h5-8H,9-10H2,1-4H3,(H,16,17). The van der Waals surface area contributed by atoms with Crippen molar-refractivity contribution in [2.24, 2.45) is 0 Å². The van der Waals surface area contributed by atoms with Crippen LogP contribution in [0.15, 0.2) is 24.3 Å². The lowest BCUT2D eigenvalue weighted by molar-refractivity contribution is -0.125. The molecule has 0 spiro atoms. The summed E-state index contributed by atoms with van der Waals surface area (Å²) in [7, 11) is 0. The van der Waals surface area contributed by atoms with Gasteiger partial charge in [0.15, 0.2) is 0 Å². The Hall–Kier alpha value is -1.31. The molecule has 1 amide bonds. The lowest BCUT2D eigenvalue weighted by Crippen LogP contribution is -2.46. The van der Waals surface area contributed by atoms with E-state index in [1.807, 2.05) is 20.8 Å². The second-order valence-electron chi connectivity index (χ2n) is 6.15. The fourth-order valence-electron chi connectivity index (χ4n) is 2.10. The van der Waals surface area contributed by atoms with Crippen LogP contribution in [0, 0.1) is 6.92 Å². The van der Waals surface area contributed by atoms with Gasteiger partial charge < -0.3 is 5.32 Å². The first kappa shape index (κ1) is 12.2. The summed E-state index contributed by atoms with van der Waals surface area (Å²) in [5.74, 6) is 0.175. The zero-order valence-corrected chi connectivity index (χ0v) is 11.1. The minimum absolute atomic E-state index is 0.155. The Bertz CT molecular complexity index is 421. The van der Waals surface area contributed by atoms with Crippen LogP contribution < -0.4 is 5.32 Å². The third-order valence-electron chi connectivity index (χ3n) is 3.28. The number of hydrogen-bond donors (Lipinski definition) is 1. The van der Waals surface area contributed by atoms with Crippen molar-refractivity contribution in [3.8, 4) is 0 Å². The molecule has 1 aliphatic rings. The van der Waals surface area contributed by atoms with Gasteiger partial charge in [0.1, 0.15) is 0 Å². The average molecular weight is 231 g/mol. The second kappa shape index (κ2) is 3.86. The molecule has 1 fully saturated rings. The maximum Gasteiger partial charge on any atom is 0.231 e. The minimum atomic E-state index is -0.249. The van der Waals surface area contributed by atoms with Gasteiger partial charge in [-0.1, -0.05) is 29.8 Å². The van der Waals surface area contributed by atoms with Gasteiger partial charge >= 0.3 is 0 Å². The maximum absolute atomic E-state index is 12.3. The van der Waals surface area contributed by atoms with E-state index in [9.17, 15) is 4.79 Å². The average Bonchev–Trinajstić information content (AvgIpc) is 2.97. The zero-order chi connectivity index (χ0) is 12.7. The van der Waals surface area contributed by atoms with Crippen LogP contribution in [0.25, 0.3) is 0 Å². The third kappa shape index (κ3) is 2.51. The molecule has 0 aromatic heterocycles. The highest BCUT2D eigenvalue weighted by Crippen LogP contribution is 2.48. The first-order chi connectivity index (χ1) is 7.83. The topological polar surface area (TPSA) is 29.1 Å². The van der Waals surface area contributed by atoms with E-state index in [-0.39, 0.29) is 16.9 Å². The van der Waals surface area contributed by atoms with Crippen LogP contribution in [0.5, 0.6) is 0 Å². The molecule has 92 valence electrons. The smallest absolute Gasteiger partial charge is 0.231 e. The van der Waals surface area contributed by atoms with Crippen molar-refractivity contribution in [3.63, 3.8) is 0 Å². The molecule has 0 bridgehead atoms. The number of nitrogens with one attached hydrogen (secondary N) is 1. The summed E-state index contributed by atoms with van der Waals surface area (Å²) in [6.07, 6.45) is 1.94. The molecular weight excluding hydrogens is 210 g/mol. The van der Waals surface area contributed by atoms with Gasteiger partial charge in [-0.3, -0.25) is 4.79 Å². The molecule has 0 aliphatic heterocycles. The summed E-state index contributed by atoms with van der Waals surface area (Å²) in [6.45, 7) is 8.14. The maximum atomic E-state index is 12.3. The Morgan fingerprint density at radius 2 is 1.71 bits per heavy atom. The van der Waals surface area contributed by atoms with Crippen LogP contribution in [0.4, 0.5) is 0 Å². The fraction of sp³-hybridized carbons (Fsp3) is 0.533. The van der Waals surface area contributed by atoms with Crippen LogP contribution in [0.1, 0.15) is 44.7 Å². The molecule has 2 rings (SSSR count). The van der Waals surface area contributed by atoms with Crippen molar-refractivity contribution in [1.29, 1.82) is 0 Å². The summed E-state index contributed by atoms with van der Waals surface area (Å²) in [5.41, 5.74) is 1.99. The van der Waals surface area contributed by atoms with E-state index in [0.29, 0.717) is 0 Å². The molecule has 0 heterocycles. The zero-order valence-electron chi connectivity index (χ0n) is 11.1. The van der Waals surface area contributed by atoms with Crippen molar-refractivity contribution in [3.05, 3.63) is 35.4 Å². The van der Waals surface area contributed by atoms with E-state index >= 15 is 0 Å². The summed E-state index contributed by atoms with van der Waals surface area (Å²) in [6, 6.07) is 8.34. The van der Waals surface area contributed by atoms with E-state index in [1.54, 1.807) is 0 Å². The van der Waals surface area contributed by atoms with Gasteiger partial charge in [-0.05, 0) is 46.1 Å². The van der Waals surface area contributed by atoms with Crippen LogP contribution in [0.3, 0.4) is 0 Å². The Morgan fingerprint density at radius 1 is 1.18 bits per heavy atom.